The van der Waals surface area contributed by atoms with Crippen molar-refractivity contribution in [1.29, 1.82) is 0 Å². The molecule has 0 saturated carbocycles. The highest BCUT2D eigenvalue weighted by Gasteiger charge is 2.18. The topological polar surface area (TPSA) is 60.0 Å². The number of hydrogen-bond acceptors (Lipinski definition) is 5. The number of hydrogen-bond donors (Lipinski definition) is 1. The zero-order valence-corrected chi connectivity index (χ0v) is 15.7. The predicted octanol–water partition coefficient (Wildman–Crippen LogP) is 3.46. The molecule has 28 heavy (non-hydrogen) atoms. The molecular weight excluding hydrogens is 370 g/mol. The summed E-state index contributed by atoms with van der Waals surface area (Å²) in [5.74, 6) is -0.538. The Kier molecular flexibility index (Phi) is 5.67. The van der Waals surface area contributed by atoms with Gasteiger partial charge in [0.15, 0.2) is 23.1 Å². The van der Waals surface area contributed by atoms with Crippen molar-refractivity contribution in [2.24, 2.45) is 0 Å². The molecule has 1 heterocycles. The van der Waals surface area contributed by atoms with E-state index in [0.717, 1.165) is 12.1 Å². The zero-order valence-electron chi connectivity index (χ0n) is 15.7. The van der Waals surface area contributed by atoms with Gasteiger partial charge in [0.2, 0.25) is 11.7 Å². The molecule has 0 spiro atoms. The minimum absolute atomic E-state index is 0.0232. The summed E-state index contributed by atoms with van der Waals surface area (Å²) in [5, 5.41) is 2.44. The van der Waals surface area contributed by atoms with Gasteiger partial charge in [-0.05, 0) is 35.9 Å². The highest BCUT2D eigenvalue weighted by Crippen LogP contribution is 2.40. The van der Waals surface area contributed by atoms with Crippen molar-refractivity contribution in [3.8, 4) is 17.2 Å². The summed E-state index contributed by atoms with van der Waals surface area (Å²) in [6, 6.07) is 5.54. The van der Waals surface area contributed by atoms with Crippen LogP contribution in [0.3, 0.4) is 0 Å². The van der Waals surface area contributed by atoms with Crippen molar-refractivity contribution in [2.75, 3.05) is 44.6 Å². The molecule has 0 saturated heterocycles. The third-order valence-electron chi connectivity index (χ3n) is 4.01. The molecule has 1 amide bonds. The number of benzene rings is 2. The summed E-state index contributed by atoms with van der Waals surface area (Å²) in [7, 11) is 4.57. The van der Waals surface area contributed by atoms with E-state index in [0.29, 0.717) is 36.0 Å². The van der Waals surface area contributed by atoms with Gasteiger partial charge in [-0.15, -0.1) is 0 Å². The number of amides is 1. The van der Waals surface area contributed by atoms with Gasteiger partial charge in [-0.3, -0.25) is 4.79 Å². The van der Waals surface area contributed by atoms with Crippen LogP contribution >= 0.6 is 0 Å². The van der Waals surface area contributed by atoms with E-state index < -0.39 is 17.5 Å². The molecular formula is C20H20F2N2O4. The molecule has 0 aliphatic carbocycles. The second-order valence-electron chi connectivity index (χ2n) is 6.25. The van der Waals surface area contributed by atoms with Crippen LogP contribution in [0.1, 0.15) is 5.56 Å². The van der Waals surface area contributed by atoms with Crippen molar-refractivity contribution >= 4 is 23.4 Å². The largest absolute Gasteiger partial charge is 0.493 e. The normalized spacial score (nSPS) is 12.8. The van der Waals surface area contributed by atoms with E-state index in [4.69, 9.17) is 14.2 Å². The molecule has 2 aromatic rings. The highest BCUT2D eigenvalue weighted by atomic mass is 19.1. The molecule has 3 rings (SSSR count). The molecule has 1 N–H and O–H groups in total. The minimum Gasteiger partial charge on any atom is -0.493 e. The van der Waals surface area contributed by atoms with Crippen LogP contribution in [-0.4, -0.2) is 40.3 Å². The van der Waals surface area contributed by atoms with Crippen molar-refractivity contribution in [3.63, 3.8) is 0 Å². The van der Waals surface area contributed by atoms with Gasteiger partial charge in [0.05, 0.1) is 7.11 Å². The Hall–Kier alpha value is -3.29. The molecule has 148 valence electrons. The Labute approximate surface area is 161 Å². The van der Waals surface area contributed by atoms with E-state index in [-0.39, 0.29) is 11.4 Å². The molecule has 0 bridgehead atoms. The molecule has 0 unspecified atom stereocenters. The summed E-state index contributed by atoms with van der Waals surface area (Å²) >= 11 is 0. The number of carbonyl (C=O) groups is 1. The minimum atomic E-state index is -0.763. The van der Waals surface area contributed by atoms with E-state index in [1.54, 1.807) is 12.1 Å². The van der Waals surface area contributed by atoms with Crippen molar-refractivity contribution in [1.82, 2.24) is 0 Å². The fourth-order valence-electron chi connectivity index (χ4n) is 2.81. The number of anilines is 2. The Morgan fingerprint density at radius 1 is 1.14 bits per heavy atom. The third kappa shape index (κ3) is 4.16. The number of rotatable bonds is 5. The van der Waals surface area contributed by atoms with E-state index >= 15 is 0 Å². The summed E-state index contributed by atoms with van der Waals surface area (Å²) in [4.78, 5) is 13.5. The molecule has 1 aliphatic heterocycles. The average Bonchev–Trinajstić information content (AvgIpc) is 2.64. The van der Waals surface area contributed by atoms with Crippen LogP contribution in [-0.2, 0) is 4.79 Å². The van der Waals surface area contributed by atoms with Crippen molar-refractivity contribution < 1.29 is 27.8 Å². The van der Waals surface area contributed by atoms with Crippen LogP contribution in [0, 0.1) is 11.6 Å². The molecule has 1 aliphatic rings. The maximum Gasteiger partial charge on any atom is 0.248 e. The standard InChI is InChI=1S/C20H20F2N2O4/c1-24(2)19-14(21)10-13(11-15(19)22)23-18(25)5-4-12-8-16(26-3)20-17(9-12)27-6-7-28-20/h4-5,8-11H,6-7H2,1-3H3,(H,23,25). The quantitative estimate of drug-likeness (QED) is 0.793. The van der Waals surface area contributed by atoms with Gasteiger partial charge in [-0.2, -0.15) is 0 Å². The van der Waals surface area contributed by atoms with E-state index in [9.17, 15) is 13.6 Å². The Balaban J connectivity index is 1.76. The first-order valence-electron chi connectivity index (χ1n) is 8.52. The number of fused-ring (bicyclic) bond motifs is 1. The van der Waals surface area contributed by atoms with Crippen LogP contribution in [0.5, 0.6) is 17.2 Å². The summed E-state index contributed by atoms with van der Waals surface area (Å²) in [5.41, 5.74) is 0.503. The molecule has 0 radical (unpaired) electrons. The zero-order chi connectivity index (χ0) is 20.3. The van der Waals surface area contributed by atoms with Crippen molar-refractivity contribution in [3.05, 3.63) is 47.5 Å². The van der Waals surface area contributed by atoms with Crippen LogP contribution in [0.2, 0.25) is 0 Å². The second kappa shape index (κ2) is 8.16. The van der Waals surface area contributed by atoms with Crippen LogP contribution in [0.4, 0.5) is 20.2 Å². The highest BCUT2D eigenvalue weighted by molar-refractivity contribution is 6.02. The number of nitrogens with one attached hydrogen (secondary N) is 1. The van der Waals surface area contributed by atoms with Gasteiger partial charge in [-0.25, -0.2) is 8.78 Å². The smallest absolute Gasteiger partial charge is 0.248 e. The van der Waals surface area contributed by atoms with Gasteiger partial charge in [0.25, 0.3) is 0 Å². The van der Waals surface area contributed by atoms with Crippen LogP contribution in [0.25, 0.3) is 6.08 Å². The molecule has 2 aromatic carbocycles. The monoisotopic (exact) mass is 390 g/mol. The van der Waals surface area contributed by atoms with Gasteiger partial charge < -0.3 is 24.4 Å². The van der Waals surface area contributed by atoms with Gasteiger partial charge in [0.1, 0.15) is 18.9 Å². The first-order chi connectivity index (χ1) is 13.4. The predicted molar refractivity (Wildman–Crippen MR) is 102 cm³/mol. The van der Waals surface area contributed by atoms with Crippen molar-refractivity contribution in [2.45, 2.75) is 0 Å². The lowest BCUT2D eigenvalue weighted by molar-refractivity contribution is -0.111. The first kappa shape index (κ1) is 19.5. The van der Waals surface area contributed by atoms with Gasteiger partial charge in [0, 0.05) is 25.9 Å². The lowest BCUT2D eigenvalue weighted by atomic mass is 10.1. The Bertz CT molecular complexity index is 888. The SMILES string of the molecule is COc1cc(C=CC(=O)Nc2cc(F)c(N(C)C)c(F)c2)cc2c1OCCO2. The maximum absolute atomic E-state index is 14.0. The van der Waals surface area contributed by atoms with Crippen LogP contribution in [0.15, 0.2) is 30.3 Å². The number of halogens is 2. The van der Waals surface area contributed by atoms with Gasteiger partial charge >= 0.3 is 0 Å². The third-order valence-corrected chi connectivity index (χ3v) is 4.01. The molecule has 8 heteroatoms. The first-order valence-corrected chi connectivity index (χ1v) is 8.52. The maximum atomic E-state index is 14.0. The average molecular weight is 390 g/mol. The fourth-order valence-corrected chi connectivity index (χ4v) is 2.81. The Morgan fingerprint density at radius 2 is 1.82 bits per heavy atom. The number of carbonyl (C=O) groups excluding carboxylic acids is 1. The number of ether oxygens (including phenoxy) is 3. The summed E-state index contributed by atoms with van der Waals surface area (Å²) in [6.45, 7) is 0.852. The van der Waals surface area contributed by atoms with E-state index in [1.165, 1.54) is 38.3 Å². The lowest BCUT2D eigenvalue weighted by Gasteiger charge is -2.20. The fraction of sp³-hybridized carbons (Fsp3) is 0.250. The molecule has 0 atom stereocenters. The Morgan fingerprint density at radius 3 is 2.46 bits per heavy atom. The van der Waals surface area contributed by atoms with E-state index in [1.807, 2.05) is 0 Å². The van der Waals surface area contributed by atoms with E-state index in [2.05, 4.69) is 5.32 Å². The molecule has 0 aromatic heterocycles. The second-order valence-corrected chi connectivity index (χ2v) is 6.25. The lowest BCUT2D eigenvalue weighted by Crippen LogP contribution is -2.16. The summed E-state index contributed by atoms with van der Waals surface area (Å²) in [6.07, 6.45) is 2.79. The summed E-state index contributed by atoms with van der Waals surface area (Å²) < 4.78 is 44.4. The molecule has 6 nitrogen and oxygen atoms in total. The van der Waals surface area contributed by atoms with Gasteiger partial charge in [-0.1, -0.05) is 0 Å². The van der Waals surface area contributed by atoms with Crippen LogP contribution < -0.4 is 24.4 Å². The molecule has 0 fully saturated rings. The number of nitrogens with zero attached hydrogens (tertiary/aromatic N) is 1. The number of methoxy groups -OCH3 is 1.